The van der Waals surface area contributed by atoms with Gasteiger partial charge in [-0.2, -0.15) is 0 Å². The summed E-state index contributed by atoms with van der Waals surface area (Å²) in [5.74, 6) is -1.11. The zero-order valence-corrected chi connectivity index (χ0v) is 27.0. The average Bonchev–Trinajstić information content (AvgIpc) is 3.59. The van der Waals surface area contributed by atoms with E-state index >= 15 is 0 Å². The zero-order chi connectivity index (χ0) is 33.2. The predicted octanol–water partition coefficient (Wildman–Crippen LogP) is 7.48. The molecular weight excluding hydrogens is 596 g/mol. The molecule has 2 fully saturated rings. The second-order valence-corrected chi connectivity index (χ2v) is 12.8. The Balaban J connectivity index is 1.29. The van der Waals surface area contributed by atoms with Crippen molar-refractivity contribution in [3.63, 3.8) is 0 Å². The molecule has 2 aliphatic heterocycles. The van der Waals surface area contributed by atoms with E-state index in [9.17, 15) is 24.8 Å². The minimum atomic E-state index is -0.601. The normalized spacial score (nSPS) is 22.4. The molecule has 3 aromatic rings. The Morgan fingerprint density at radius 3 is 2.47 bits per heavy atom. The molecule has 0 aromatic heterocycles. The molecular formula is C38H40N2O7. The molecule has 0 saturated carbocycles. The molecule has 1 N–H and O–H groups in total. The second kappa shape index (κ2) is 13.5. The van der Waals surface area contributed by atoms with E-state index in [-0.39, 0.29) is 41.8 Å². The van der Waals surface area contributed by atoms with E-state index in [2.05, 4.69) is 13.0 Å². The van der Waals surface area contributed by atoms with Gasteiger partial charge in [0.15, 0.2) is 0 Å². The Labute approximate surface area is 274 Å². The highest BCUT2D eigenvalue weighted by Gasteiger charge is 2.57. The number of carbonyl (C=O) groups is 2. The van der Waals surface area contributed by atoms with Crippen LogP contribution in [-0.4, -0.2) is 41.2 Å². The number of nitro groups is 1. The number of aromatic hydroxyl groups is 1. The van der Waals surface area contributed by atoms with Crippen LogP contribution >= 0.6 is 0 Å². The molecule has 0 spiro atoms. The van der Waals surface area contributed by atoms with Gasteiger partial charge in [-0.15, -0.1) is 0 Å². The third-order valence-electron chi connectivity index (χ3n) is 9.65. The number of hydrogen-bond acceptors (Lipinski definition) is 7. The molecule has 0 bridgehead atoms. The smallest absolute Gasteiger partial charge is 0.271 e. The Morgan fingerprint density at radius 2 is 1.77 bits per heavy atom. The van der Waals surface area contributed by atoms with E-state index in [0.29, 0.717) is 18.8 Å². The fourth-order valence-corrected chi connectivity index (χ4v) is 7.51. The standard InChI is InChI=1S/C38H40N2O7/c1-4-9-25(18-26-16-23(2)36(41)24(3)17-26)14-15-33-34-27(21-46-30-12-6-5-7-13-30)19-31-35(32(34)22-47-33)38(43)39(37(31)42)28-10-8-11-29(20-28)40(44)45/h5-8,10-13,16-18,20,31-33,35,41H,4,9,14-15,19,21-22H2,1-3H3/b25-18+/t31-,32+,33-,35-/m1/s1. The molecule has 4 atom stereocenters. The van der Waals surface area contributed by atoms with Crippen LogP contribution in [0, 0.1) is 41.7 Å². The highest BCUT2D eigenvalue weighted by Crippen LogP contribution is 2.51. The van der Waals surface area contributed by atoms with Gasteiger partial charge in [-0.05, 0) is 97.7 Å². The van der Waals surface area contributed by atoms with Crippen molar-refractivity contribution < 1.29 is 29.1 Å². The lowest BCUT2D eigenvalue weighted by molar-refractivity contribution is -0.384. The number of carbonyl (C=O) groups excluding carboxylic acids is 2. The molecule has 1 aliphatic carbocycles. The maximum Gasteiger partial charge on any atom is 0.271 e. The molecule has 2 heterocycles. The Kier molecular flexibility index (Phi) is 9.27. The van der Waals surface area contributed by atoms with Gasteiger partial charge in [-0.3, -0.25) is 19.7 Å². The van der Waals surface area contributed by atoms with Gasteiger partial charge in [-0.1, -0.05) is 49.3 Å². The monoisotopic (exact) mass is 636 g/mol. The number of aryl methyl sites for hydroxylation is 2. The highest BCUT2D eigenvalue weighted by molar-refractivity contribution is 6.22. The van der Waals surface area contributed by atoms with E-state index in [1.807, 2.05) is 56.3 Å². The first kappa shape index (κ1) is 32.2. The summed E-state index contributed by atoms with van der Waals surface area (Å²) in [6.07, 6.45) is 5.77. The SMILES string of the molecule is CCC/C(=C\c1cc(C)c(O)c(C)c1)CC[C@H]1OC[C@H]2C1=C(COc1ccccc1)C[C@H]1C(=O)N(c3cccc([N+](=O)[O-])c3)C(=O)[C@H]12. The summed E-state index contributed by atoms with van der Waals surface area (Å²) in [5, 5.41) is 21.7. The largest absolute Gasteiger partial charge is 0.507 e. The second-order valence-electron chi connectivity index (χ2n) is 12.8. The van der Waals surface area contributed by atoms with E-state index in [0.717, 1.165) is 64.2 Å². The topological polar surface area (TPSA) is 119 Å². The molecule has 9 heteroatoms. The maximum absolute atomic E-state index is 14.0. The zero-order valence-electron chi connectivity index (χ0n) is 27.0. The van der Waals surface area contributed by atoms with Crippen LogP contribution in [0.5, 0.6) is 11.5 Å². The summed E-state index contributed by atoms with van der Waals surface area (Å²) >= 11 is 0. The van der Waals surface area contributed by atoms with Gasteiger partial charge < -0.3 is 14.6 Å². The molecule has 3 aromatic carbocycles. The van der Waals surface area contributed by atoms with Gasteiger partial charge in [0.2, 0.25) is 11.8 Å². The number of anilines is 1. The van der Waals surface area contributed by atoms with Crippen LogP contribution < -0.4 is 9.64 Å². The van der Waals surface area contributed by atoms with Crippen molar-refractivity contribution in [2.24, 2.45) is 17.8 Å². The molecule has 3 aliphatic rings. The fraction of sp³-hybridized carbons (Fsp3) is 0.368. The summed E-state index contributed by atoms with van der Waals surface area (Å²) in [6.45, 7) is 6.56. The molecule has 2 amide bonds. The predicted molar refractivity (Wildman–Crippen MR) is 179 cm³/mol. The van der Waals surface area contributed by atoms with Gasteiger partial charge in [0.05, 0.1) is 35.2 Å². The van der Waals surface area contributed by atoms with Crippen molar-refractivity contribution in [3.8, 4) is 11.5 Å². The first-order chi connectivity index (χ1) is 22.7. The lowest BCUT2D eigenvalue weighted by Gasteiger charge is -2.31. The van der Waals surface area contributed by atoms with Crippen molar-refractivity contribution in [2.75, 3.05) is 18.1 Å². The molecule has 2 saturated heterocycles. The van der Waals surface area contributed by atoms with Gasteiger partial charge in [-0.25, -0.2) is 4.90 Å². The Morgan fingerprint density at radius 1 is 1.02 bits per heavy atom. The minimum Gasteiger partial charge on any atom is -0.507 e. The van der Waals surface area contributed by atoms with E-state index in [1.165, 1.54) is 23.8 Å². The van der Waals surface area contributed by atoms with Crippen LogP contribution in [0.1, 0.15) is 55.7 Å². The summed E-state index contributed by atoms with van der Waals surface area (Å²) in [6, 6.07) is 19.2. The maximum atomic E-state index is 14.0. The Hall–Kier alpha value is -4.76. The molecule has 0 unspecified atom stereocenters. The number of hydrogen-bond donors (Lipinski definition) is 1. The van der Waals surface area contributed by atoms with Crippen LogP contribution in [0.15, 0.2) is 83.4 Å². The number of amides is 2. The highest BCUT2D eigenvalue weighted by atomic mass is 16.6. The number of nitrogens with zero attached hydrogens (tertiary/aromatic N) is 2. The number of non-ortho nitro benzene ring substituents is 1. The summed E-state index contributed by atoms with van der Waals surface area (Å²) < 4.78 is 12.7. The molecule has 47 heavy (non-hydrogen) atoms. The molecule has 6 rings (SSSR count). The van der Waals surface area contributed by atoms with Gasteiger partial charge in [0.25, 0.3) is 5.69 Å². The van der Waals surface area contributed by atoms with Gasteiger partial charge >= 0.3 is 0 Å². The van der Waals surface area contributed by atoms with E-state index < -0.39 is 16.8 Å². The van der Waals surface area contributed by atoms with Crippen molar-refractivity contribution >= 4 is 29.3 Å². The third kappa shape index (κ3) is 6.45. The number of fused-ring (bicyclic) bond motifs is 3. The first-order valence-corrected chi connectivity index (χ1v) is 16.3. The van der Waals surface area contributed by atoms with Crippen LogP contribution in [0.3, 0.4) is 0 Å². The van der Waals surface area contributed by atoms with Crippen LogP contribution in [0.4, 0.5) is 11.4 Å². The molecule has 0 radical (unpaired) electrons. The lowest BCUT2D eigenvalue weighted by atomic mass is 9.69. The van der Waals surface area contributed by atoms with Crippen LogP contribution in [0.2, 0.25) is 0 Å². The average molecular weight is 637 g/mol. The quantitative estimate of drug-likeness (QED) is 0.100. The first-order valence-electron chi connectivity index (χ1n) is 16.3. The Bertz CT molecular complexity index is 1740. The minimum absolute atomic E-state index is 0.174. The summed E-state index contributed by atoms with van der Waals surface area (Å²) in [5.41, 5.74) is 6.10. The number of imide groups is 1. The molecule has 244 valence electrons. The number of rotatable bonds is 11. The van der Waals surface area contributed by atoms with Crippen molar-refractivity contribution in [3.05, 3.63) is 110 Å². The van der Waals surface area contributed by atoms with Crippen LogP contribution in [-0.2, 0) is 14.3 Å². The van der Waals surface area contributed by atoms with Crippen molar-refractivity contribution in [2.45, 2.75) is 59.0 Å². The molecule has 9 nitrogen and oxygen atoms in total. The summed E-state index contributed by atoms with van der Waals surface area (Å²) in [7, 11) is 0. The number of nitro benzene ring substituents is 1. The van der Waals surface area contributed by atoms with Crippen LogP contribution in [0.25, 0.3) is 6.08 Å². The summed E-state index contributed by atoms with van der Waals surface area (Å²) in [4.78, 5) is 39.9. The fourth-order valence-electron chi connectivity index (χ4n) is 7.51. The van der Waals surface area contributed by atoms with Crippen molar-refractivity contribution in [1.29, 1.82) is 0 Å². The number of para-hydroxylation sites is 1. The number of ether oxygens (including phenoxy) is 2. The van der Waals surface area contributed by atoms with E-state index in [1.54, 1.807) is 6.07 Å². The lowest BCUT2D eigenvalue weighted by Crippen LogP contribution is -2.35. The third-order valence-corrected chi connectivity index (χ3v) is 9.65. The number of phenols is 1. The van der Waals surface area contributed by atoms with Gasteiger partial charge in [0.1, 0.15) is 18.1 Å². The van der Waals surface area contributed by atoms with Gasteiger partial charge in [0, 0.05) is 18.1 Å². The van der Waals surface area contributed by atoms with Crippen molar-refractivity contribution in [1.82, 2.24) is 0 Å². The number of allylic oxidation sites excluding steroid dienone is 1. The number of benzene rings is 3. The van der Waals surface area contributed by atoms with E-state index in [4.69, 9.17) is 9.47 Å². The number of phenolic OH excluding ortho intramolecular Hbond substituents is 1.